The lowest BCUT2D eigenvalue weighted by molar-refractivity contribution is 0.172. The predicted molar refractivity (Wildman–Crippen MR) is 188 cm³/mol. The van der Waals surface area contributed by atoms with Gasteiger partial charge in [-0.1, -0.05) is 121 Å². The van der Waals surface area contributed by atoms with Crippen molar-refractivity contribution in [3.05, 3.63) is 146 Å². The van der Waals surface area contributed by atoms with E-state index in [0.717, 1.165) is 21.2 Å². The van der Waals surface area contributed by atoms with Crippen molar-refractivity contribution in [2.45, 2.75) is 9.79 Å². The van der Waals surface area contributed by atoms with Gasteiger partial charge in [-0.05, 0) is 61.3 Å². The van der Waals surface area contributed by atoms with Crippen LogP contribution in [0.1, 0.15) is 0 Å². The summed E-state index contributed by atoms with van der Waals surface area (Å²) in [5, 5.41) is 5.34. The van der Waals surface area contributed by atoms with Crippen LogP contribution in [0.15, 0.2) is 155 Å². The largest absolute Gasteiger partial charge is 0.454 e. The molecule has 0 N–H and O–H groups in total. The van der Waals surface area contributed by atoms with E-state index in [-0.39, 0.29) is 34.9 Å². The first-order valence-corrected chi connectivity index (χ1v) is 19.2. The smallest absolute Gasteiger partial charge is 0.231 e. The molecule has 0 spiro atoms. The fourth-order valence-electron chi connectivity index (χ4n) is 6.01. The van der Waals surface area contributed by atoms with E-state index >= 15 is 8.42 Å². The van der Waals surface area contributed by atoms with Crippen molar-refractivity contribution in [1.82, 2.24) is 0 Å². The van der Waals surface area contributed by atoms with Crippen LogP contribution in [0.4, 0.5) is 0 Å². The van der Waals surface area contributed by atoms with Crippen molar-refractivity contribution in [1.29, 1.82) is 0 Å². The zero-order chi connectivity index (χ0) is 31.8. The van der Waals surface area contributed by atoms with Crippen LogP contribution in [0, 0.1) is 0 Å². The Morgan fingerprint density at radius 3 is 1.04 bits per heavy atom. The summed E-state index contributed by atoms with van der Waals surface area (Å²) < 4.78 is 55.0. The van der Waals surface area contributed by atoms with Gasteiger partial charge in [0.05, 0.1) is 0 Å². The van der Waals surface area contributed by atoms with Gasteiger partial charge in [0.25, 0.3) is 0 Å². The second-order valence-electron chi connectivity index (χ2n) is 10.8. The van der Waals surface area contributed by atoms with Gasteiger partial charge in [0.15, 0.2) is 23.0 Å². The van der Waals surface area contributed by atoms with E-state index in [2.05, 4.69) is 0 Å². The molecule has 6 nitrogen and oxygen atoms in total. The highest BCUT2D eigenvalue weighted by Crippen LogP contribution is 2.50. The van der Waals surface area contributed by atoms with Crippen molar-refractivity contribution in [2.75, 3.05) is 13.6 Å². The first-order valence-electron chi connectivity index (χ1n) is 15.0. The predicted octanol–water partition coefficient (Wildman–Crippen LogP) is 5.49. The minimum Gasteiger partial charge on any atom is -0.454 e. The molecule has 0 fully saturated rings. The summed E-state index contributed by atoms with van der Waals surface area (Å²) in [5.41, 5.74) is 0. The molecule has 0 saturated carbocycles. The third-order valence-electron chi connectivity index (χ3n) is 8.02. The molecule has 0 aliphatic carbocycles. The van der Waals surface area contributed by atoms with Crippen molar-refractivity contribution in [3.8, 4) is 23.0 Å². The van der Waals surface area contributed by atoms with Gasteiger partial charge < -0.3 is 18.9 Å². The zero-order valence-electron chi connectivity index (χ0n) is 25.0. The van der Waals surface area contributed by atoms with Crippen molar-refractivity contribution in [3.63, 3.8) is 0 Å². The molecule has 2 aliphatic heterocycles. The van der Waals surface area contributed by atoms with Crippen LogP contribution in [0.5, 0.6) is 23.0 Å². The molecule has 2 heterocycles. The number of hydrogen-bond acceptors (Lipinski definition) is 6. The molecule has 9 heteroatoms. The highest BCUT2D eigenvalue weighted by Gasteiger charge is 2.41. The molecule has 47 heavy (non-hydrogen) atoms. The molecule has 2 aliphatic rings. The van der Waals surface area contributed by atoms with Crippen molar-refractivity contribution >= 4 is 57.5 Å². The Morgan fingerprint density at radius 1 is 0.404 bits per heavy atom. The molecular weight excluding hydrogens is 646 g/mol. The standard InChI is InChI=1S/C38H28O6P2S/c39-47(40,37-33(23-21-31-35(37)43-25-41-31)45(27-13-5-1-6-14-27)28-15-7-2-8-16-28)38-34(24-22-32-36(38)44-26-42-32)46(29-17-9-3-10-18-29)30-19-11-4-12-20-30/h1-24H,25-26H2. The molecule has 0 amide bonds. The maximum Gasteiger partial charge on any atom is 0.231 e. The molecule has 0 radical (unpaired) electrons. The van der Waals surface area contributed by atoms with E-state index < -0.39 is 25.7 Å². The van der Waals surface area contributed by atoms with Crippen LogP contribution < -0.4 is 50.8 Å². The second kappa shape index (κ2) is 12.5. The maximum atomic E-state index is 15.7. The highest BCUT2D eigenvalue weighted by molar-refractivity contribution is 7.94. The van der Waals surface area contributed by atoms with Crippen LogP contribution in [0.3, 0.4) is 0 Å². The average molecular weight is 675 g/mol. The Hall–Kier alpha value is -4.67. The first-order chi connectivity index (χ1) is 23.1. The van der Waals surface area contributed by atoms with Gasteiger partial charge in [-0.3, -0.25) is 0 Å². The van der Waals surface area contributed by atoms with Crippen LogP contribution in [-0.2, 0) is 9.84 Å². The van der Waals surface area contributed by atoms with E-state index in [1.165, 1.54) is 0 Å². The third kappa shape index (κ3) is 5.35. The number of hydrogen-bond donors (Lipinski definition) is 0. The van der Waals surface area contributed by atoms with Crippen LogP contribution in [0.25, 0.3) is 0 Å². The van der Waals surface area contributed by atoms with Crippen LogP contribution >= 0.6 is 15.8 Å². The lowest BCUT2D eigenvalue weighted by Crippen LogP contribution is -2.29. The maximum absolute atomic E-state index is 15.7. The van der Waals surface area contributed by atoms with Gasteiger partial charge in [-0.25, -0.2) is 8.42 Å². The van der Waals surface area contributed by atoms with Crippen molar-refractivity contribution < 1.29 is 27.4 Å². The minimum atomic E-state index is -4.35. The molecule has 8 rings (SSSR count). The number of fused-ring (bicyclic) bond motifs is 2. The summed E-state index contributed by atoms with van der Waals surface area (Å²) in [6, 6.07) is 47.5. The summed E-state index contributed by atoms with van der Waals surface area (Å²) in [4.78, 5) is 0.181. The number of ether oxygens (including phenoxy) is 4. The van der Waals surface area contributed by atoms with Gasteiger partial charge >= 0.3 is 0 Å². The molecule has 6 aromatic rings. The van der Waals surface area contributed by atoms with Crippen molar-refractivity contribution in [2.24, 2.45) is 0 Å². The quantitative estimate of drug-likeness (QED) is 0.199. The number of sulfone groups is 1. The molecule has 0 bridgehead atoms. The number of benzene rings is 6. The van der Waals surface area contributed by atoms with E-state index in [4.69, 9.17) is 18.9 Å². The normalized spacial score (nSPS) is 13.3. The molecule has 232 valence electrons. The molecule has 0 atom stereocenters. The average Bonchev–Trinajstić information content (AvgIpc) is 3.80. The Morgan fingerprint density at radius 2 is 0.723 bits per heavy atom. The highest BCUT2D eigenvalue weighted by atomic mass is 32.2. The summed E-state index contributed by atoms with van der Waals surface area (Å²) in [5.74, 6) is 1.22. The van der Waals surface area contributed by atoms with E-state index in [1.54, 1.807) is 0 Å². The van der Waals surface area contributed by atoms with Crippen LogP contribution in [0.2, 0.25) is 0 Å². The Kier molecular flexibility index (Phi) is 7.90. The summed E-state index contributed by atoms with van der Waals surface area (Å²) in [7, 11) is -7.01. The topological polar surface area (TPSA) is 71.1 Å². The lowest BCUT2D eigenvalue weighted by Gasteiger charge is -2.26. The van der Waals surface area contributed by atoms with Gasteiger partial charge in [-0.15, -0.1) is 0 Å². The molecule has 0 aromatic heterocycles. The van der Waals surface area contributed by atoms with Gasteiger partial charge in [0.2, 0.25) is 23.4 Å². The van der Waals surface area contributed by atoms with E-state index in [0.29, 0.717) is 22.1 Å². The molecule has 0 unspecified atom stereocenters. The van der Waals surface area contributed by atoms with Gasteiger partial charge in [0, 0.05) is 10.6 Å². The first kappa shape index (κ1) is 29.7. The Labute approximate surface area is 276 Å². The molecule has 0 saturated heterocycles. The molecule has 6 aromatic carbocycles. The third-order valence-corrected chi connectivity index (χ3v) is 15.2. The molecular formula is C38H28O6P2S. The lowest BCUT2D eigenvalue weighted by atomic mass is 10.3. The van der Waals surface area contributed by atoms with Gasteiger partial charge in [-0.2, -0.15) is 0 Å². The summed E-state index contributed by atoms with van der Waals surface area (Å²) in [6.45, 7) is -0.147. The van der Waals surface area contributed by atoms with E-state index in [9.17, 15) is 0 Å². The second-order valence-corrected chi connectivity index (χ2v) is 17.0. The summed E-state index contributed by atoms with van der Waals surface area (Å²) >= 11 is 0. The monoisotopic (exact) mass is 674 g/mol. The fraction of sp³-hybridized carbons (Fsp3) is 0.0526. The SMILES string of the molecule is O=S(=O)(c1c(P(c2ccccc2)c2ccccc2)ccc2c1OCO2)c1c(P(c2ccccc2)c2ccccc2)ccc2c1OCO2. The Balaban J connectivity index is 1.43. The summed E-state index contributed by atoms with van der Waals surface area (Å²) in [6.07, 6.45) is 0. The Bertz CT molecular complexity index is 1930. The number of rotatable bonds is 8. The minimum absolute atomic E-state index is 0.0734. The zero-order valence-corrected chi connectivity index (χ0v) is 27.6. The van der Waals surface area contributed by atoms with Crippen LogP contribution in [-0.4, -0.2) is 22.0 Å². The van der Waals surface area contributed by atoms with E-state index in [1.807, 2.05) is 146 Å². The van der Waals surface area contributed by atoms with Gasteiger partial charge in [0.1, 0.15) is 9.79 Å². The fourth-order valence-corrected chi connectivity index (χ4v) is 13.6.